The molecule has 3 rings (SSSR count). The van der Waals surface area contributed by atoms with Crippen LogP contribution in [0, 0.1) is 5.92 Å². The number of halogens is 1. The number of urea groups is 1. The zero-order chi connectivity index (χ0) is 23.6. The molecule has 0 saturated carbocycles. The summed E-state index contributed by atoms with van der Waals surface area (Å²) >= 11 is 7.68. The summed E-state index contributed by atoms with van der Waals surface area (Å²) in [6.07, 6.45) is 0.915. The van der Waals surface area contributed by atoms with Crippen LogP contribution >= 0.6 is 22.9 Å². The summed E-state index contributed by atoms with van der Waals surface area (Å²) in [7, 11) is 0. The van der Waals surface area contributed by atoms with E-state index in [1.54, 1.807) is 40.5 Å². The van der Waals surface area contributed by atoms with E-state index in [2.05, 4.69) is 19.2 Å². The summed E-state index contributed by atoms with van der Waals surface area (Å²) in [6.45, 7) is 5.67. The number of nitrogens with one attached hydrogen (secondary N) is 1. The Morgan fingerprint density at radius 1 is 1.00 bits per heavy atom. The van der Waals surface area contributed by atoms with Crippen molar-refractivity contribution in [2.24, 2.45) is 5.92 Å². The van der Waals surface area contributed by atoms with Crippen LogP contribution < -0.4 is 5.32 Å². The highest BCUT2D eigenvalue weighted by Crippen LogP contribution is 2.18. The number of anilines is 1. The van der Waals surface area contributed by atoms with E-state index < -0.39 is 0 Å². The standard InChI is InChI=1S/C26H30ClN3O2S/c1-3-20(2)16-30(26(32)28-23-12-7-11-22(27)15-23)19-25(31)29(18-24-13-8-14-33-24)17-21-9-5-4-6-10-21/h4-15,20H,3,16-19H2,1-2H3,(H,28,32). The predicted octanol–water partition coefficient (Wildman–Crippen LogP) is 6.51. The molecule has 0 aliphatic carbocycles. The lowest BCUT2D eigenvalue weighted by atomic mass is 10.1. The lowest BCUT2D eigenvalue weighted by molar-refractivity contribution is -0.133. The van der Waals surface area contributed by atoms with Gasteiger partial charge in [-0.15, -0.1) is 11.3 Å². The quantitative estimate of drug-likeness (QED) is 0.357. The van der Waals surface area contributed by atoms with Gasteiger partial charge in [0, 0.05) is 28.7 Å². The maximum absolute atomic E-state index is 13.5. The Morgan fingerprint density at radius 3 is 2.45 bits per heavy atom. The Bertz CT molecular complexity index is 1030. The van der Waals surface area contributed by atoms with Crippen LogP contribution in [0.15, 0.2) is 72.1 Å². The minimum absolute atomic E-state index is 0.00888. The highest BCUT2D eigenvalue weighted by atomic mass is 35.5. The summed E-state index contributed by atoms with van der Waals surface area (Å²) in [5.41, 5.74) is 1.66. The third-order valence-corrected chi connectivity index (χ3v) is 6.51. The first kappa shape index (κ1) is 24.8. The van der Waals surface area contributed by atoms with Gasteiger partial charge in [-0.3, -0.25) is 4.79 Å². The number of carbonyl (C=O) groups is 2. The van der Waals surface area contributed by atoms with Crippen LogP contribution in [-0.4, -0.2) is 34.8 Å². The van der Waals surface area contributed by atoms with E-state index in [0.29, 0.717) is 30.3 Å². The van der Waals surface area contributed by atoms with E-state index in [-0.39, 0.29) is 24.4 Å². The zero-order valence-corrected chi connectivity index (χ0v) is 20.6. The minimum Gasteiger partial charge on any atom is -0.332 e. The Morgan fingerprint density at radius 2 is 1.79 bits per heavy atom. The van der Waals surface area contributed by atoms with Crippen molar-refractivity contribution in [3.05, 3.63) is 87.6 Å². The van der Waals surface area contributed by atoms with Crippen molar-refractivity contribution < 1.29 is 9.59 Å². The lowest BCUT2D eigenvalue weighted by Crippen LogP contribution is -2.45. The molecule has 2 aromatic carbocycles. The van der Waals surface area contributed by atoms with E-state index in [0.717, 1.165) is 16.9 Å². The molecule has 33 heavy (non-hydrogen) atoms. The Hall–Kier alpha value is -2.83. The van der Waals surface area contributed by atoms with Gasteiger partial charge in [-0.25, -0.2) is 4.79 Å². The number of benzene rings is 2. The molecule has 0 fully saturated rings. The van der Waals surface area contributed by atoms with Crippen LogP contribution in [0.25, 0.3) is 0 Å². The van der Waals surface area contributed by atoms with Crippen LogP contribution in [-0.2, 0) is 17.9 Å². The third kappa shape index (κ3) is 7.91. The highest BCUT2D eigenvalue weighted by Gasteiger charge is 2.23. The first-order valence-corrected chi connectivity index (χ1v) is 12.4. The smallest absolute Gasteiger partial charge is 0.322 e. The molecule has 3 amide bonds. The number of rotatable bonds is 10. The first-order valence-electron chi connectivity index (χ1n) is 11.1. The summed E-state index contributed by atoms with van der Waals surface area (Å²) in [5.74, 6) is 0.180. The van der Waals surface area contributed by atoms with Gasteiger partial charge >= 0.3 is 6.03 Å². The monoisotopic (exact) mass is 483 g/mol. The highest BCUT2D eigenvalue weighted by molar-refractivity contribution is 7.09. The molecule has 3 aromatic rings. The van der Waals surface area contributed by atoms with Gasteiger partial charge in [-0.05, 0) is 41.1 Å². The molecule has 0 aliphatic rings. The lowest BCUT2D eigenvalue weighted by Gasteiger charge is -2.29. The molecule has 174 valence electrons. The molecule has 0 saturated heterocycles. The summed E-state index contributed by atoms with van der Waals surface area (Å²) in [4.78, 5) is 31.1. The van der Waals surface area contributed by atoms with E-state index >= 15 is 0 Å². The van der Waals surface area contributed by atoms with E-state index in [1.165, 1.54) is 0 Å². The van der Waals surface area contributed by atoms with Gasteiger partial charge in [-0.1, -0.05) is 74.3 Å². The second-order valence-electron chi connectivity index (χ2n) is 8.15. The number of hydrogen-bond donors (Lipinski definition) is 1. The zero-order valence-electron chi connectivity index (χ0n) is 19.0. The molecule has 1 aromatic heterocycles. The summed E-state index contributed by atoms with van der Waals surface area (Å²) < 4.78 is 0. The number of carbonyl (C=O) groups excluding carboxylic acids is 2. The molecule has 1 unspecified atom stereocenters. The van der Waals surface area contributed by atoms with Gasteiger partial charge in [0.05, 0.1) is 6.54 Å². The average molecular weight is 484 g/mol. The van der Waals surface area contributed by atoms with Gasteiger partial charge in [0.25, 0.3) is 0 Å². The number of thiophene rings is 1. The van der Waals surface area contributed by atoms with Crippen molar-refractivity contribution in [3.8, 4) is 0 Å². The van der Waals surface area contributed by atoms with Crippen LogP contribution in [0.1, 0.15) is 30.7 Å². The fourth-order valence-electron chi connectivity index (χ4n) is 3.38. The Balaban J connectivity index is 1.76. The molecule has 0 radical (unpaired) electrons. The molecular formula is C26H30ClN3O2S. The molecule has 0 bridgehead atoms. The van der Waals surface area contributed by atoms with E-state index in [9.17, 15) is 9.59 Å². The fraction of sp³-hybridized carbons (Fsp3) is 0.308. The van der Waals surface area contributed by atoms with Crippen molar-refractivity contribution >= 4 is 40.6 Å². The number of nitrogens with zero attached hydrogens (tertiary/aromatic N) is 2. The SMILES string of the molecule is CCC(C)CN(CC(=O)N(Cc1ccccc1)Cc1cccs1)C(=O)Nc1cccc(Cl)c1. The Labute approximate surface area is 205 Å². The van der Waals surface area contributed by atoms with E-state index in [4.69, 9.17) is 11.6 Å². The third-order valence-electron chi connectivity index (χ3n) is 5.41. The average Bonchev–Trinajstić information content (AvgIpc) is 3.32. The van der Waals surface area contributed by atoms with Gasteiger partial charge in [0.2, 0.25) is 5.91 Å². The van der Waals surface area contributed by atoms with Gasteiger partial charge in [-0.2, -0.15) is 0 Å². The van der Waals surface area contributed by atoms with Crippen LogP contribution in [0.2, 0.25) is 5.02 Å². The Kier molecular flexibility index (Phi) is 9.34. The van der Waals surface area contributed by atoms with Crippen molar-refractivity contribution in [1.29, 1.82) is 0 Å². The first-order chi connectivity index (χ1) is 15.9. The molecule has 1 heterocycles. The number of amides is 3. The normalized spacial score (nSPS) is 11.6. The van der Waals surface area contributed by atoms with Crippen LogP contribution in [0.4, 0.5) is 10.5 Å². The second-order valence-corrected chi connectivity index (χ2v) is 9.62. The molecule has 5 nitrogen and oxygen atoms in total. The van der Waals surface area contributed by atoms with Crippen molar-refractivity contribution in [1.82, 2.24) is 9.80 Å². The van der Waals surface area contributed by atoms with Crippen molar-refractivity contribution in [2.75, 3.05) is 18.4 Å². The predicted molar refractivity (Wildman–Crippen MR) is 137 cm³/mol. The topological polar surface area (TPSA) is 52.7 Å². The molecular weight excluding hydrogens is 454 g/mol. The maximum atomic E-state index is 13.5. The van der Waals surface area contributed by atoms with Gasteiger partial charge < -0.3 is 15.1 Å². The van der Waals surface area contributed by atoms with Crippen molar-refractivity contribution in [3.63, 3.8) is 0 Å². The summed E-state index contributed by atoms with van der Waals surface area (Å²) in [6, 6.07) is 20.6. The summed E-state index contributed by atoms with van der Waals surface area (Å²) in [5, 5.41) is 5.44. The second kappa shape index (κ2) is 12.4. The number of hydrogen-bond acceptors (Lipinski definition) is 3. The minimum atomic E-state index is -0.304. The largest absolute Gasteiger partial charge is 0.332 e. The van der Waals surface area contributed by atoms with Crippen LogP contribution in [0.3, 0.4) is 0 Å². The van der Waals surface area contributed by atoms with Gasteiger partial charge in [0.1, 0.15) is 6.54 Å². The maximum Gasteiger partial charge on any atom is 0.322 e. The van der Waals surface area contributed by atoms with Gasteiger partial charge in [0.15, 0.2) is 0 Å². The molecule has 7 heteroatoms. The molecule has 0 spiro atoms. The molecule has 0 aliphatic heterocycles. The molecule has 1 atom stereocenters. The van der Waals surface area contributed by atoms with Crippen LogP contribution in [0.5, 0.6) is 0 Å². The fourth-order valence-corrected chi connectivity index (χ4v) is 4.29. The molecule has 1 N–H and O–H groups in total. The van der Waals surface area contributed by atoms with Crippen molar-refractivity contribution in [2.45, 2.75) is 33.4 Å². The van der Waals surface area contributed by atoms with E-state index in [1.807, 2.05) is 52.7 Å².